The Balaban J connectivity index is 2.48. The maximum atomic E-state index is 4.34. The van der Waals surface area contributed by atoms with Crippen LogP contribution in [0.5, 0.6) is 0 Å². The van der Waals surface area contributed by atoms with Gasteiger partial charge in [-0.15, -0.1) is 0 Å². The number of nitrogens with zero attached hydrogens (tertiary/aromatic N) is 2. The smallest absolute Gasteiger partial charge is 0.0597 e. The number of hydrogen-bond donors (Lipinski definition) is 1. The van der Waals surface area contributed by atoms with Gasteiger partial charge in [0.2, 0.25) is 0 Å². The van der Waals surface area contributed by atoms with Crippen LogP contribution in [0.15, 0.2) is 24.4 Å². The lowest BCUT2D eigenvalue weighted by Crippen LogP contribution is -2.10. The van der Waals surface area contributed by atoms with Crippen LogP contribution in [0.1, 0.15) is 16.8 Å². The number of hydrogen-bond acceptors (Lipinski definition) is 2. The predicted octanol–water partition coefficient (Wildman–Crippen LogP) is 2.42. The molecule has 0 aliphatic rings. The molecule has 0 radical (unpaired) electrons. The summed E-state index contributed by atoms with van der Waals surface area (Å²) in [7, 11) is 3.94. The first-order chi connectivity index (χ1) is 8.13. The van der Waals surface area contributed by atoms with Crippen molar-refractivity contribution in [3.8, 4) is 11.1 Å². The van der Waals surface area contributed by atoms with Gasteiger partial charge in [-0.05, 0) is 37.6 Å². The molecule has 0 atom stereocenters. The summed E-state index contributed by atoms with van der Waals surface area (Å²) in [5, 5.41) is 7.53. The first-order valence-corrected chi connectivity index (χ1v) is 5.86. The molecule has 0 fully saturated rings. The van der Waals surface area contributed by atoms with Gasteiger partial charge < -0.3 is 5.32 Å². The van der Waals surface area contributed by atoms with Gasteiger partial charge in [-0.2, -0.15) is 5.10 Å². The van der Waals surface area contributed by atoms with Crippen molar-refractivity contribution in [3.05, 3.63) is 41.2 Å². The van der Waals surface area contributed by atoms with Crippen molar-refractivity contribution in [1.29, 1.82) is 0 Å². The summed E-state index contributed by atoms with van der Waals surface area (Å²) in [5.74, 6) is 0. The molecule has 0 spiro atoms. The van der Waals surface area contributed by atoms with E-state index in [4.69, 9.17) is 0 Å². The van der Waals surface area contributed by atoms with Crippen LogP contribution in [0.3, 0.4) is 0 Å². The SMILES string of the molecule is CNCc1c(-c2ccc(C)c(C)c2)cnn1C. The topological polar surface area (TPSA) is 29.9 Å². The highest BCUT2D eigenvalue weighted by molar-refractivity contribution is 5.66. The zero-order chi connectivity index (χ0) is 12.4. The fourth-order valence-electron chi connectivity index (χ4n) is 1.99. The molecular weight excluding hydrogens is 210 g/mol. The van der Waals surface area contributed by atoms with E-state index in [-0.39, 0.29) is 0 Å². The average Bonchev–Trinajstić information content (AvgIpc) is 2.66. The summed E-state index contributed by atoms with van der Waals surface area (Å²) in [6.45, 7) is 5.11. The molecule has 1 N–H and O–H groups in total. The fraction of sp³-hybridized carbons (Fsp3) is 0.357. The van der Waals surface area contributed by atoms with Crippen molar-refractivity contribution >= 4 is 0 Å². The molecule has 1 heterocycles. The molecule has 3 heteroatoms. The van der Waals surface area contributed by atoms with Gasteiger partial charge in [0.05, 0.1) is 11.9 Å². The minimum Gasteiger partial charge on any atom is -0.314 e. The molecule has 1 aromatic carbocycles. The van der Waals surface area contributed by atoms with E-state index >= 15 is 0 Å². The van der Waals surface area contributed by atoms with Crippen molar-refractivity contribution in [1.82, 2.24) is 15.1 Å². The molecule has 0 saturated heterocycles. The first kappa shape index (κ1) is 11.9. The van der Waals surface area contributed by atoms with Crippen molar-refractivity contribution < 1.29 is 0 Å². The lowest BCUT2D eigenvalue weighted by molar-refractivity contribution is 0.673. The highest BCUT2D eigenvalue weighted by atomic mass is 15.3. The molecule has 0 unspecified atom stereocenters. The number of aromatic nitrogens is 2. The highest BCUT2D eigenvalue weighted by Gasteiger charge is 2.10. The summed E-state index contributed by atoms with van der Waals surface area (Å²) in [5.41, 5.74) is 6.32. The largest absolute Gasteiger partial charge is 0.314 e. The predicted molar refractivity (Wildman–Crippen MR) is 70.9 cm³/mol. The third-order valence-electron chi connectivity index (χ3n) is 3.22. The molecule has 2 rings (SSSR count). The standard InChI is InChI=1S/C14H19N3/c1-10-5-6-12(7-11(10)2)13-8-16-17(4)14(13)9-15-3/h5-8,15H,9H2,1-4H3. The summed E-state index contributed by atoms with van der Waals surface area (Å²) in [6.07, 6.45) is 1.94. The molecule has 90 valence electrons. The number of benzene rings is 1. The van der Waals surface area contributed by atoms with Crippen LogP contribution in [0.4, 0.5) is 0 Å². The van der Waals surface area contributed by atoms with E-state index in [0.29, 0.717) is 0 Å². The molecule has 3 nitrogen and oxygen atoms in total. The van der Waals surface area contributed by atoms with Crippen LogP contribution < -0.4 is 5.32 Å². The number of nitrogens with one attached hydrogen (secondary N) is 1. The molecular formula is C14H19N3. The molecule has 1 aromatic heterocycles. The van der Waals surface area contributed by atoms with Gasteiger partial charge in [0.1, 0.15) is 0 Å². The second kappa shape index (κ2) is 4.72. The Kier molecular flexibility index (Phi) is 3.29. The summed E-state index contributed by atoms with van der Waals surface area (Å²) < 4.78 is 1.93. The Morgan fingerprint density at radius 3 is 2.65 bits per heavy atom. The second-order valence-electron chi connectivity index (χ2n) is 4.46. The normalized spacial score (nSPS) is 10.8. The van der Waals surface area contributed by atoms with Crippen LogP contribution in [0.25, 0.3) is 11.1 Å². The van der Waals surface area contributed by atoms with Gasteiger partial charge in [-0.3, -0.25) is 4.68 Å². The van der Waals surface area contributed by atoms with Gasteiger partial charge in [0.25, 0.3) is 0 Å². The zero-order valence-electron chi connectivity index (χ0n) is 10.9. The Morgan fingerprint density at radius 1 is 1.24 bits per heavy atom. The van der Waals surface area contributed by atoms with Gasteiger partial charge in [-0.25, -0.2) is 0 Å². The average molecular weight is 229 g/mol. The molecule has 0 bridgehead atoms. The molecule has 0 aliphatic heterocycles. The molecule has 0 amide bonds. The summed E-state index contributed by atoms with van der Waals surface area (Å²) in [4.78, 5) is 0. The van der Waals surface area contributed by atoms with Crippen molar-refractivity contribution in [3.63, 3.8) is 0 Å². The molecule has 0 saturated carbocycles. The Labute approximate surface area is 102 Å². The van der Waals surface area contributed by atoms with Gasteiger partial charge in [0.15, 0.2) is 0 Å². The first-order valence-electron chi connectivity index (χ1n) is 5.86. The Morgan fingerprint density at radius 2 is 2.00 bits per heavy atom. The van der Waals surface area contributed by atoms with E-state index < -0.39 is 0 Å². The van der Waals surface area contributed by atoms with Crippen LogP contribution in [0, 0.1) is 13.8 Å². The molecule has 0 aliphatic carbocycles. The monoisotopic (exact) mass is 229 g/mol. The molecule has 2 aromatic rings. The fourth-order valence-corrected chi connectivity index (χ4v) is 1.99. The lowest BCUT2D eigenvalue weighted by atomic mass is 10.0. The van der Waals surface area contributed by atoms with Gasteiger partial charge in [0, 0.05) is 19.2 Å². The van der Waals surface area contributed by atoms with Crippen LogP contribution in [0.2, 0.25) is 0 Å². The Hall–Kier alpha value is -1.61. The van der Waals surface area contributed by atoms with Crippen molar-refractivity contribution in [2.24, 2.45) is 7.05 Å². The van der Waals surface area contributed by atoms with E-state index in [1.807, 2.05) is 25.0 Å². The minimum absolute atomic E-state index is 0.832. The third kappa shape index (κ3) is 2.24. The summed E-state index contributed by atoms with van der Waals surface area (Å²) in [6, 6.07) is 6.56. The maximum absolute atomic E-state index is 4.34. The minimum atomic E-state index is 0.832. The van der Waals surface area contributed by atoms with Crippen molar-refractivity contribution in [2.45, 2.75) is 20.4 Å². The second-order valence-corrected chi connectivity index (χ2v) is 4.46. The van der Waals surface area contributed by atoms with E-state index in [0.717, 1.165) is 6.54 Å². The van der Waals surface area contributed by atoms with E-state index in [2.05, 4.69) is 42.5 Å². The lowest BCUT2D eigenvalue weighted by Gasteiger charge is -2.07. The number of rotatable bonds is 3. The summed E-state index contributed by atoms with van der Waals surface area (Å²) >= 11 is 0. The van der Waals surface area contributed by atoms with Crippen LogP contribution in [-0.2, 0) is 13.6 Å². The Bertz CT molecular complexity index is 526. The van der Waals surface area contributed by atoms with Crippen molar-refractivity contribution in [2.75, 3.05) is 7.05 Å². The molecule has 17 heavy (non-hydrogen) atoms. The van der Waals surface area contributed by atoms with Crippen LogP contribution >= 0.6 is 0 Å². The quantitative estimate of drug-likeness (QED) is 0.876. The maximum Gasteiger partial charge on any atom is 0.0597 e. The number of aryl methyl sites for hydroxylation is 3. The van der Waals surface area contributed by atoms with E-state index in [9.17, 15) is 0 Å². The van der Waals surface area contributed by atoms with Gasteiger partial charge >= 0.3 is 0 Å². The van der Waals surface area contributed by atoms with E-state index in [1.165, 1.54) is 27.9 Å². The van der Waals surface area contributed by atoms with Crippen LogP contribution in [-0.4, -0.2) is 16.8 Å². The van der Waals surface area contributed by atoms with Gasteiger partial charge in [-0.1, -0.05) is 18.2 Å². The zero-order valence-corrected chi connectivity index (χ0v) is 10.9. The highest BCUT2D eigenvalue weighted by Crippen LogP contribution is 2.25. The van der Waals surface area contributed by atoms with E-state index in [1.54, 1.807) is 0 Å². The third-order valence-corrected chi connectivity index (χ3v) is 3.22.